The Balaban J connectivity index is 2.77. The first kappa shape index (κ1) is 18.7. The molecule has 0 saturated heterocycles. The number of hydrogen-bond donors (Lipinski definition) is 0. The van der Waals surface area contributed by atoms with E-state index in [2.05, 4.69) is 61.5 Å². The van der Waals surface area contributed by atoms with Gasteiger partial charge in [0.05, 0.1) is 5.41 Å². The highest BCUT2D eigenvalue weighted by Gasteiger charge is 2.40. The summed E-state index contributed by atoms with van der Waals surface area (Å²) in [5, 5.41) is 0. The molecule has 1 aromatic rings. The third kappa shape index (κ3) is 2.68. The smallest absolute Gasteiger partial charge is 0.256 e. The molecule has 2 atom stereocenters. The van der Waals surface area contributed by atoms with Gasteiger partial charge < -0.3 is 0 Å². The Labute approximate surface area is 146 Å². The SMILES string of the molecule is CCC1=C(C)C(C)C=C(C)C1(C)c1ncc(C(C)(C)C)c(=O)n1C. The zero-order valence-corrected chi connectivity index (χ0v) is 16.7. The van der Waals surface area contributed by atoms with Crippen molar-refractivity contribution < 1.29 is 0 Å². The molecule has 24 heavy (non-hydrogen) atoms. The second-order valence-electron chi connectivity index (χ2n) is 8.39. The molecule has 0 radical (unpaired) electrons. The molecule has 0 N–H and O–H groups in total. The minimum Gasteiger partial charge on any atom is -0.299 e. The van der Waals surface area contributed by atoms with Crippen LogP contribution in [0.1, 0.15) is 73.2 Å². The average Bonchev–Trinajstić information content (AvgIpc) is 2.47. The molecule has 0 aromatic carbocycles. The van der Waals surface area contributed by atoms with Crippen LogP contribution < -0.4 is 5.56 Å². The van der Waals surface area contributed by atoms with Crippen LogP contribution >= 0.6 is 0 Å². The van der Waals surface area contributed by atoms with Crippen molar-refractivity contribution in [1.82, 2.24) is 9.55 Å². The third-order valence-corrected chi connectivity index (χ3v) is 5.83. The highest BCUT2D eigenvalue weighted by atomic mass is 16.1. The molecule has 0 aliphatic heterocycles. The molecule has 0 amide bonds. The van der Waals surface area contributed by atoms with E-state index in [1.165, 1.54) is 16.7 Å². The molecule has 3 heteroatoms. The van der Waals surface area contributed by atoms with Crippen LogP contribution in [-0.2, 0) is 17.9 Å². The fourth-order valence-corrected chi connectivity index (χ4v) is 4.04. The quantitative estimate of drug-likeness (QED) is 0.740. The first-order valence-electron chi connectivity index (χ1n) is 8.92. The van der Waals surface area contributed by atoms with E-state index in [0.717, 1.165) is 17.8 Å². The summed E-state index contributed by atoms with van der Waals surface area (Å²) in [5.74, 6) is 1.29. The highest BCUT2D eigenvalue weighted by molar-refractivity contribution is 5.47. The van der Waals surface area contributed by atoms with Gasteiger partial charge in [-0.05, 0) is 38.5 Å². The van der Waals surface area contributed by atoms with Gasteiger partial charge in [-0.15, -0.1) is 0 Å². The van der Waals surface area contributed by atoms with Gasteiger partial charge in [0, 0.05) is 18.8 Å². The normalized spacial score (nSPS) is 25.0. The molecule has 1 aliphatic carbocycles. The van der Waals surface area contributed by atoms with Crippen molar-refractivity contribution in [2.75, 3.05) is 0 Å². The molecule has 0 spiro atoms. The monoisotopic (exact) mass is 328 g/mol. The molecule has 2 unspecified atom stereocenters. The van der Waals surface area contributed by atoms with Crippen molar-refractivity contribution in [1.29, 1.82) is 0 Å². The van der Waals surface area contributed by atoms with Gasteiger partial charge in [0.25, 0.3) is 5.56 Å². The van der Waals surface area contributed by atoms with Crippen LogP contribution in [0.15, 0.2) is 33.8 Å². The van der Waals surface area contributed by atoms with Crippen LogP contribution in [0, 0.1) is 5.92 Å². The lowest BCUT2D eigenvalue weighted by molar-refractivity contribution is 0.496. The Morgan fingerprint density at radius 2 is 1.88 bits per heavy atom. The lowest BCUT2D eigenvalue weighted by atomic mass is 9.66. The van der Waals surface area contributed by atoms with E-state index in [-0.39, 0.29) is 16.4 Å². The molecule has 132 valence electrons. The van der Waals surface area contributed by atoms with Crippen LogP contribution in [0.2, 0.25) is 0 Å². The van der Waals surface area contributed by atoms with Crippen molar-refractivity contribution >= 4 is 0 Å². The molecule has 1 aromatic heterocycles. The van der Waals surface area contributed by atoms with Crippen molar-refractivity contribution in [3.05, 3.63) is 50.7 Å². The first-order valence-corrected chi connectivity index (χ1v) is 8.92. The van der Waals surface area contributed by atoms with E-state index in [1.807, 2.05) is 7.05 Å². The van der Waals surface area contributed by atoms with Gasteiger partial charge in [-0.2, -0.15) is 0 Å². The Hall–Kier alpha value is -1.64. The number of allylic oxidation sites excluding steroid dienone is 4. The fraction of sp³-hybridized carbons (Fsp3) is 0.619. The van der Waals surface area contributed by atoms with E-state index in [4.69, 9.17) is 4.98 Å². The number of nitrogens with zero attached hydrogens (tertiary/aromatic N) is 2. The van der Waals surface area contributed by atoms with Gasteiger partial charge in [0.1, 0.15) is 5.82 Å². The second-order valence-corrected chi connectivity index (χ2v) is 8.39. The Morgan fingerprint density at radius 3 is 2.38 bits per heavy atom. The zero-order chi connectivity index (χ0) is 18.4. The molecule has 2 rings (SSSR count). The predicted molar refractivity (Wildman–Crippen MR) is 101 cm³/mol. The van der Waals surface area contributed by atoms with Crippen molar-refractivity contribution in [3.63, 3.8) is 0 Å². The summed E-state index contributed by atoms with van der Waals surface area (Å²) in [6.07, 6.45) is 5.07. The lowest BCUT2D eigenvalue weighted by Crippen LogP contribution is -2.40. The molecule has 1 aliphatic rings. The summed E-state index contributed by atoms with van der Waals surface area (Å²) >= 11 is 0. The summed E-state index contributed by atoms with van der Waals surface area (Å²) < 4.78 is 1.76. The van der Waals surface area contributed by atoms with Crippen LogP contribution in [0.5, 0.6) is 0 Å². The summed E-state index contributed by atoms with van der Waals surface area (Å²) in [5.41, 5.74) is 4.39. The first-order chi connectivity index (χ1) is 11.0. The lowest BCUT2D eigenvalue weighted by Gasteiger charge is -2.40. The molecular weight excluding hydrogens is 296 g/mol. The summed E-state index contributed by atoms with van der Waals surface area (Å²) in [7, 11) is 1.86. The van der Waals surface area contributed by atoms with Crippen molar-refractivity contribution in [2.45, 2.75) is 72.6 Å². The number of hydrogen-bond acceptors (Lipinski definition) is 2. The summed E-state index contributed by atoms with van der Waals surface area (Å²) in [6, 6.07) is 0. The standard InChI is InChI=1S/C21H32N2O/c1-10-16-15(4)13(2)11-14(3)21(16,8)19-22-12-17(20(5,6)7)18(24)23(19)9/h11-13H,10H2,1-9H3. The Morgan fingerprint density at radius 1 is 1.29 bits per heavy atom. The van der Waals surface area contributed by atoms with E-state index in [0.29, 0.717) is 5.92 Å². The van der Waals surface area contributed by atoms with Crippen molar-refractivity contribution in [2.24, 2.45) is 13.0 Å². The molecule has 3 nitrogen and oxygen atoms in total. The van der Waals surface area contributed by atoms with Gasteiger partial charge in [-0.3, -0.25) is 9.36 Å². The maximum Gasteiger partial charge on any atom is 0.256 e. The van der Waals surface area contributed by atoms with Gasteiger partial charge in [-0.25, -0.2) is 4.98 Å². The molecular formula is C21H32N2O. The third-order valence-electron chi connectivity index (χ3n) is 5.83. The van der Waals surface area contributed by atoms with Gasteiger partial charge >= 0.3 is 0 Å². The molecule has 1 heterocycles. The molecule has 0 saturated carbocycles. The van der Waals surface area contributed by atoms with Crippen LogP contribution in [0.4, 0.5) is 0 Å². The van der Waals surface area contributed by atoms with Gasteiger partial charge in [0.2, 0.25) is 0 Å². The van der Waals surface area contributed by atoms with Crippen molar-refractivity contribution in [3.8, 4) is 0 Å². The Kier molecular flexibility index (Phi) is 4.69. The fourth-order valence-electron chi connectivity index (χ4n) is 4.04. The van der Waals surface area contributed by atoms with E-state index < -0.39 is 0 Å². The minimum absolute atomic E-state index is 0.0632. The topological polar surface area (TPSA) is 34.9 Å². The Bertz CT molecular complexity index is 774. The van der Waals surface area contributed by atoms with E-state index in [1.54, 1.807) is 10.8 Å². The van der Waals surface area contributed by atoms with Crippen LogP contribution in [0.25, 0.3) is 0 Å². The molecule has 0 fully saturated rings. The van der Waals surface area contributed by atoms with Crippen LogP contribution in [0.3, 0.4) is 0 Å². The highest BCUT2D eigenvalue weighted by Crippen LogP contribution is 2.45. The van der Waals surface area contributed by atoms with E-state index >= 15 is 0 Å². The number of rotatable bonds is 2. The maximum absolute atomic E-state index is 13.0. The average molecular weight is 329 g/mol. The maximum atomic E-state index is 13.0. The molecule has 0 bridgehead atoms. The number of aromatic nitrogens is 2. The van der Waals surface area contributed by atoms with Crippen LogP contribution in [-0.4, -0.2) is 9.55 Å². The summed E-state index contributed by atoms with van der Waals surface area (Å²) in [4.78, 5) is 17.8. The largest absolute Gasteiger partial charge is 0.299 e. The van der Waals surface area contributed by atoms with Gasteiger partial charge in [0.15, 0.2) is 0 Å². The summed E-state index contributed by atoms with van der Waals surface area (Å²) in [6.45, 7) is 17.2. The zero-order valence-electron chi connectivity index (χ0n) is 16.7. The van der Waals surface area contributed by atoms with Gasteiger partial charge in [-0.1, -0.05) is 57.4 Å². The predicted octanol–water partition coefficient (Wildman–Crippen LogP) is 4.66. The van der Waals surface area contributed by atoms with E-state index in [9.17, 15) is 4.79 Å². The minimum atomic E-state index is -0.310. The second kappa shape index (κ2) is 6.02.